The van der Waals surface area contributed by atoms with Crippen molar-refractivity contribution in [2.45, 2.75) is 38.6 Å². The first-order chi connectivity index (χ1) is 8.54. The zero-order chi connectivity index (χ0) is 13.1. The minimum Gasteiger partial charge on any atom is -0.353 e. The van der Waals surface area contributed by atoms with Gasteiger partial charge in [-0.2, -0.15) is 0 Å². The van der Waals surface area contributed by atoms with Gasteiger partial charge in [-0.3, -0.25) is 4.79 Å². The summed E-state index contributed by atoms with van der Waals surface area (Å²) in [6, 6.07) is 3.50. The molecule has 1 amide bonds. The van der Waals surface area contributed by atoms with E-state index in [9.17, 15) is 13.6 Å². The van der Waals surface area contributed by atoms with Crippen molar-refractivity contribution in [3.8, 4) is 0 Å². The topological polar surface area (TPSA) is 29.1 Å². The molecule has 0 bridgehead atoms. The van der Waals surface area contributed by atoms with Crippen molar-refractivity contribution in [3.63, 3.8) is 0 Å². The van der Waals surface area contributed by atoms with E-state index < -0.39 is 11.6 Å². The Morgan fingerprint density at radius 1 is 1.39 bits per heavy atom. The molecular weight excluding hydrogens is 236 g/mol. The summed E-state index contributed by atoms with van der Waals surface area (Å²) in [5, 5.41) is 2.90. The van der Waals surface area contributed by atoms with E-state index in [2.05, 4.69) is 12.2 Å². The van der Waals surface area contributed by atoms with Gasteiger partial charge in [-0.25, -0.2) is 8.78 Å². The van der Waals surface area contributed by atoms with Crippen LogP contribution in [0.4, 0.5) is 8.78 Å². The highest BCUT2D eigenvalue weighted by molar-refractivity contribution is 5.78. The average Bonchev–Trinajstić information content (AvgIpc) is 2.68. The third-order valence-electron chi connectivity index (χ3n) is 3.43. The van der Waals surface area contributed by atoms with E-state index in [1.165, 1.54) is 12.1 Å². The average molecular weight is 253 g/mol. The van der Waals surface area contributed by atoms with Crippen molar-refractivity contribution in [3.05, 3.63) is 35.4 Å². The van der Waals surface area contributed by atoms with Gasteiger partial charge in [0.05, 0.1) is 6.42 Å². The highest BCUT2D eigenvalue weighted by Gasteiger charge is 2.22. The Hall–Kier alpha value is -1.45. The maximum absolute atomic E-state index is 13.4. The highest BCUT2D eigenvalue weighted by Crippen LogP contribution is 2.24. The van der Waals surface area contributed by atoms with Crippen molar-refractivity contribution < 1.29 is 13.6 Å². The maximum Gasteiger partial charge on any atom is 0.224 e. The molecule has 4 heteroatoms. The third-order valence-corrected chi connectivity index (χ3v) is 3.43. The minimum absolute atomic E-state index is 0.0308. The van der Waals surface area contributed by atoms with E-state index >= 15 is 0 Å². The maximum atomic E-state index is 13.4. The lowest BCUT2D eigenvalue weighted by Crippen LogP contribution is -2.34. The van der Waals surface area contributed by atoms with Gasteiger partial charge < -0.3 is 5.32 Å². The molecule has 1 aliphatic rings. The van der Waals surface area contributed by atoms with Crippen LogP contribution in [-0.2, 0) is 11.2 Å². The van der Waals surface area contributed by atoms with Crippen molar-refractivity contribution in [1.82, 2.24) is 5.32 Å². The molecule has 2 nitrogen and oxygen atoms in total. The zero-order valence-electron chi connectivity index (χ0n) is 10.4. The van der Waals surface area contributed by atoms with Gasteiger partial charge in [0.25, 0.3) is 0 Å². The van der Waals surface area contributed by atoms with Crippen molar-refractivity contribution in [2.75, 3.05) is 0 Å². The summed E-state index contributed by atoms with van der Waals surface area (Å²) in [4.78, 5) is 11.7. The van der Waals surface area contributed by atoms with E-state index in [1.54, 1.807) is 0 Å². The Kier molecular flexibility index (Phi) is 3.94. The largest absolute Gasteiger partial charge is 0.353 e. The van der Waals surface area contributed by atoms with Crippen molar-refractivity contribution in [2.24, 2.45) is 5.92 Å². The molecule has 0 aromatic heterocycles. The SMILES string of the molecule is CC1CCC(NC(=O)Cc2ccc(F)cc2F)C1. The van der Waals surface area contributed by atoms with Crippen LogP contribution in [-0.4, -0.2) is 11.9 Å². The van der Waals surface area contributed by atoms with Gasteiger partial charge in [-0.15, -0.1) is 0 Å². The van der Waals surface area contributed by atoms with Gasteiger partial charge in [-0.1, -0.05) is 13.0 Å². The molecule has 2 rings (SSSR count). The van der Waals surface area contributed by atoms with Crippen LogP contribution >= 0.6 is 0 Å². The Balaban J connectivity index is 1.91. The fraction of sp³-hybridized carbons (Fsp3) is 0.500. The molecule has 98 valence electrons. The second kappa shape index (κ2) is 5.46. The van der Waals surface area contributed by atoms with Crippen LogP contribution in [0.1, 0.15) is 31.7 Å². The number of carbonyl (C=O) groups excluding carboxylic acids is 1. The predicted molar refractivity (Wildman–Crippen MR) is 65.0 cm³/mol. The lowest BCUT2D eigenvalue weighted by Gasteiger charge is -2.12. The number of nitrogens with one attached hydrogen (secondary N) is 1. The van der Waals surface area contributed by atoms with Crippen LogP contribution < -0.4 is 5.32 Å². The minimum atomic E-state index is -0.662. The lowest BCUT2D eigenvalue weighted by atomic mass is 10.1. The molecule has 0 saturated heterocycles. The predicted octanol–water partition coefficient (Wildman–Crippen LogP) is 2.81. The number of amides is 1. The summed E-state index contributed by atoms with van der Waals surface area (Å²) in [5.41, 5.74) is 0.236. The number of hydrogen-bond acceptors (Lipinski definition) is 1. The molecular formula is C14H17F2NO. The number of hydrogen-bond donors (Lipinski definition) is 1. The summed E-state index contributed by atoms with van der Waals surface area (Å²) >= 11 is 0. The van der Waals surface area contributed by atoms with Crippen molar-refractivity contribution in [1.29, 1.82) is 0 Å². The van der Waals surface area contributed by atoms with Crippen LogP contribution in [0.5, 0.6) is 0 Å². The smallest absolute Gasteiger partial charge is 0.224 e. The number of carbonyl (C=O) groups is 1. The highest BCUT2D eigenvalue weighted by atomic mass is 19.1. The Morgan fingerprint density at radius 2 is 2.17 bits per heavy atom. The first-order valence-electron chi connectivity index (χ1n) is 6.28. The standard InChI is InChI=1S/C14H17F2NO/c1-9-2-5-12(6-9)17-14(18)7-10-3-4-11(15)8-13(10)16/h3-4,8-9,12H,2,5-7H2,1H3,(H,17,18). The summed E-state index contributed by atoms with van der Waals surface area (Å²) in [5.74, 6) is -0.844. The fourth-order valence-electron chi connectivity index (χ4n) is 2.45. The fourth-order valence-corrected chi connectivity index (χ4v) is 2.45. The molecule has 0 radical (unpaired) electrons. The Labute approximate surface area is 105 Å². The molecule has 0 spiro atoms. The number of halogens is 2. The molecule has 1 fully saturated rings. The Bertz CT molecular complexity index is 447. The van der Waals surface area contributed by atoms with Crippen LogP contribution in [0.15, 0.2) is 18.2 Å². The quantitative estimate of drug-likeness (QED) is 0.881. The molecule has 1 saturated carbocycles. The molecule has 2 atom stereocenters. The van der Waals surface area contributed by atoms with E-state index in [0.29, 0.717) is 5.92 Å². The van der Waals surface area contributed by atoms with E-state index in [1.807, 2.05) is 0 Å². The number of benzene rings is 1. The van der Waals surface area contributed by atoms with Gasteiger partial charge in [0, 0.05) is 12.1 Å². The van der Waals surface area contributed by atoms with Crippen LogP contribution in [0.25, 0.3) is 0 Å². The van der Waals surface area contributed by atoms with Gasteiger partial charge in [0.2, 0.25) is 5.91 Å². The zero-order valence-corrected chi connectivity index (χ0v) is 10.4. The van der Waals surface area contributed by atoms with Gasteiger partial charge in [0.1, 0.15) is 11.6 Å². The molecule has 0 heterocycles. The van der Waals surface area contributed by atoms with Gasteiger partial charge in [-0.05, 0) is 36.8 Å². The second-order valence-electron chi connectivity index (χ2n) is 5.10. The molecule has 18 heavy (non-hydrogen) atoms. The van der Waals surface area contributed by atoms with E-state index in [-0.39, 0.29) is 23.9 Å². The molecule has 1 N–H and O–H groups in total. The molecule has 1 aromatic carbocycles. The third kappa shape index (κ3) is 3.28. The van der Waals surface area contributed by atoms with Crippen molar-refractivity contribution >= 4 is 5.91 Å². The summed E-state index contributed by atoms with van der Waals surface area (Å²) < 4.78 is 26.1. The first kappa shape index (κ1) is 13.0. The Morgan fingerprint density at radius 3 is 2.78 bits per heavy atom. The van der Waals surface area contributed by atoms with E-state index in [4.69, 9.17) is 0 Å². The number of rotatable bonds is 3. The normalized spacial score (nSPS) is 23.1. The van der Waals surface area contributed by atoms with Crippen LogP contribution in [0.2, 0.25) is 0 Å². The summed E-state index contributed by atoms with van der Waals surface area (Å²) in [7, 11) is 0. The molecule has 0 aliphatic heterocycles. The first-order valence-corrected chi connectivity index (χ1v) is 6.28. The van der Waals surface area contributed by atoms with E-state index in [0.717, 1.165) is 25.3 Å². The summed E-state index contributed by atoms with van der Waals surface area (Å²) in [6.07, 6.45) is 3.06. The summed E-state index contributed by atoms with van der Waals surface area (Å²) in [6.45, 7) is 2.16. The van der Waals surface area contributed by atoms with Gasteiger partial charge >= 0.3 is 0 Å². The monoisotopic (exact) mass is 253 g/mol. The van der Waals surface area contributed by atoms with Gasteiger partial charge in [0.15, 0.2) is 0 Å². The molecule has 2 unspecified atom stereocenters. The second-order valence-corrected chi connectivity index (χ2v) is 5.10. The van der Waals surface area contributed by atoms with Crippen LogP contribution in [0, 0.1) is 17.6 Å². The molecule has 1 aliphatic carbocycles. The molecule has 1 aromatic rings. The van der Waals surface area contributed by atoms with Crippen LogP contribution in [0.3, 0.4) is 0 Å². The lowest BCUT2D eigenvalue weighted by molar-refractivity contribution is -0.121.